The molecule has 3 rings (SSSR count). The number of nitriles is 1. The minimum absolute atomic E-state index is 0.0358. The molecular weight excluding hydrogens is 373 g/mol. The van der Waals surface area contributed by atoms with E-state index in [1.165, 1.54) is 45.4 Å². The molecule has 0 N–H and O–H groups in total. The summed E-state index contributed by atoms with van der Waals surface area (Å²) in [6.45, 7) is 11.1. The fraction of sp³-hybridized carbons (Fsp3) is 0.704. The van der Waals surface area contributed by atoms with Gasteiger partial charge in [0.25, 0.3) is 0 Å². The van der Waals surface area contributed by atoms with E-state index in [-0.39, 0.29) is 11.7 Å². The lowest BCUT2D eigenvalue weighted by molar-refractivity contribution is 0.101. The van der Waals surface area contributed by atoms with Crippen molar-refractivity contribution in [3.05, 3.63) is 35.4 Å². The van der Waals surface area contributed by atoms with Crippen LogP contribution in [0.3, 0.4) is 0 Å². The van der Waals surface area contributed by atoms with Gasteiger partial charge in [-0.3, -0.25) is 4.79 Å². The first kappa shape index (κ1) is 26.3. The highest BCUT2D eigenvalue weighted by molar-refractivity contribution is 5.94. The summed E-state index contributed by atoms with van der Waals surface area (Å²) in [5.74, 6) is 2.76. The van der Waals surface area contributed by atoms with Crippen LogP contribution in [0.1, 0.15) is 115 Å². The summed E-state index contributed by atoms with van der Waals surface area (Å²) in [6, 6.07) is 9.37. The van der Waals surface area contributed by atoms with E-state index >= 15 is 0 Å². The zero-order valence-electron chi connectivity index (χ0n) is 20.0. The third kappa shape index (κ3) is 10.9. The summed E-state index contributed by atoms with van der Waals surface area (Å²) >= 11 is 0. The summed E-state index contributed by atoms with van der Waals surface area (Å²) in [4.78, 5) is 11.0. The number of Topliss-reactive ketones (excluding diaryl/α,β-unsaturated/α-hetero) is 1. The predicted octanol–water partition coefficient (Wildman–Crippen LogP) is 8.27. The molecule has 1 atom stereocenters. The first-order valence-electron chi connectivity index (χ1n) is 11.7. The van der Waals surface area contributed by atoms with Gasteiger partial charge in [-0.05, 0) is 50.5 Å². The number of halogens is 1. The van der Waals surface area contributed by atoms with Crippen molar-refractivity contribution < 1.29 is 9.18 Å². The number of rotatable bonds is 5. The Balaban J connectivity index is 0.000000260. The van der Waals surface area contributed by atoms with E-state index in [1.54, 1.807) is 26.0 Å². The molecule has 0 heterocycles. The molecular formula is C27H42FNO. The van der Waals surface area contributed by atoms with Crippen molar-refractivity contribution in [3.8, 4) is 6.07 Å². The monoisotopic (exact) mass is 415 g/mol. The number of carbonyl (C=O) groups is 1. The SMILES string of the molecule is CC(=O)c1ccc(C(C)C(C)(C)F)cc1.CC1CC1.CC1CCC(CCC#N)CC1. The van der Waals surface area contributed by atoms with E-state index in [1.807, 2.05) is 19.1 Å². The van der Waals surface area contributed by atoms with Gasteiger partial charge in [-0.15, -0.1) is 0 Å². The van der Waals surface area contributed by atoms with Crippen LogP contribution in [0.2, 0.25) is 0 Å². The lowest BCUT2D eigenvalue weighted by atomic mass is 9.81. The average Bonchev–Trinajstić information content (AvgIpc) is 3.49. The van der Waals surface area contributed by atoms with Crippen LogP contribution in [0, 0.1) is 29.1 Å². The van der Waals surface area contributed by atoms with E-state index in [2.05, 4.69) is 19.9 Å². The molecule has 30 heavy (non-hydrogen) atoms. The lowest BCUT2D eigenvalue weighted by Crippen LogP contribution is -2.21. The third-order valence-corrected chi connectivity index (χ3v) is 6.51. The van der Waals surface area contributed by atoms with Crippen molar-refractivity contribution in [1.82, 2.24) is 0 Å². The zero-order chi connectivity index (χ0) is 22.7. The fourth-order valence-corrected chi connectivity index (χ4v) is 3.46. The quantitative estimate of drug-likeness (QED) is 0.454. The Morgan fingerprint density at radius 1 is 1.07 bits per heavy atom. The van der Waals surface area contributed by atoms with Crippen LogP contribution < -0.4 is 0 Å². The number of ketones is 1. The van der Waals surface area contributed by atoms with Crippen LogP contribution >= 0.6 is 0 Å². The number of hydrogen-bond donors (Lipinski definition) is 0. The summed E-state index contributed by atoms with van der Waals surface area (Å²) < 4.78 is 13.7. The molecule has 2 saturated carbocycles. The molecule has 2 aliphatic carbocycles. The molecule has 0 bridgehead atoms. The zero-order valence-corrected chi connectivity index (χ0v) is 20.0. The van der Waals surface area contributed by atoms with Crippen LogP contribution in [-0.4, -0.2) is 11.5 Å². The first-order chi connectivity index (χ1) is 14.0. The van der Waals surface area contributed by atoms with E-state index in [4.69, 9.17) is 5.26 Å². The van der Waals surface area contributed by atoms with E-state index in [0.717, 1.165) is 36.2 Å². The molecule has 0 spiro atoms. The number of hydrogen-bond acceptors (Lipinski definition) is 2. The molecule has 0 aliphatic heterocycles. The van der Waals surface area contributed by atoms with Crippen LogP contribution in [0.4, 0.5) is 4.39 Å². The van der Waals surface area contributed by atoms with E-state index in [9.17, 15) is 9.18 Å². The highest BCUT2D eigenvalue weighted by atomic mass is 19.1. The third-order valence-electron chi connectivity index (χ3n) is 6.51. The molecule has 0 amide bonds. The van der Waals surface area contributed by atoms with Gasteiger partial charge in [0.1, 0.15) is 5.67 Å². The minimum Gasteiger partial charge on any atom is -0.295 e. The van der Waals surface area contributed by atoms with Crippen molar-refractivity contribution in [3.63, 3.8) is 0 Å². The van der Waals surface area contributed by atoms with E-state index < -0.39 is 5.67 Å². The Morgan fingerprint density at radius 3 is 1.90 bits per heavy atom. The van der Waals surface area contributed by atoms with Gasteiger partial charge in [-0.1, -0.05) is 83.6 Å². The minimum atomic E-state index is -1.24. The molecule has 168 valence electrons. The number of benzene rings is 1. The van der Waals surface area contributed by atoms with Crippen molar-refractivity contribution in [2.75, 3.05) is 0 Å². The average molecular weight is 416 g/mol. The second-order valence-electron chi connectivity index (χ2n) is 9.97. The molecule has 1 aromatic rings. The Kier molecular flexibility index (Phi) is 11.3. The summed E-state index contributed by atoms with van der Waals surface area (Å²) in [5, 5.41) is 8.40. The van der Waals surface area contributed by atoms with Gasteiger partial charge >= 0.3 is 0 Å². The van der Waals surface area contributed by atoms with Gasteiger partial charge in [-0.2, -0.15) is 5.26 Å². The van der Waals surface area contributed by atoms with Crippen LogP contribution in [-0.2, 0) is 0 Å². The number of alkyl halides is 1. The van der Waals surface area contributed by atoms with Crippen LogP contribution in [0.5, 0.6) is 0 Å². The molecule has 0 radical (unpaired) electrons. The number of nitrogens with zero attached hydrogens (tertiary/aromatic N) is 1. The highest BCUT2D eigenvalue weighted by Gasteiger charge is 2.26. The predicted molar refractivity (Wildman–Crippen MR) is 124 cm³/mol. The summed E-state index contributed by atoms with van der Waals surface area (Å²) in [5.41, 5.74) is 0.354. The van der Waals surface area contributed by atoms with Gasteiger partial charge in [0.15, 0.2) is 5.78 Å². The van der Waals surface area contributed by atoms with Gasteiger partial charge in [0.05, 0.1) is 6.07 Å². The van der Waals surface area contributed by atoms with Crippen molar-refractivity contribution in [2.45, 2.75) is 104 Å². The summed E-state index contributed by atoms with van der Waals surface area (Å²) in [6.07, 6.45) is 10.4. The maximum Gasteiger partial charge on any atom is 0.159 e. The fourth-order valence-electron chi connectivity index (χ4n) is 3.46. The van der Waals surface area contributed by atoms with Gasteiger partial charge < -0.3 is 0 Å². The van der Waals surface area contributed by atoms with Crippen molar-refractivity contribution in [1.29, 1.82) is 5.26 Å². The van der Waals surface area contributed by atoms with Crippen LogP contribution in [0.15, 0.2) is 24.3 Å². The van der Waals surface area contributed by atoms with E-state index in [0.29, 0.717) is 5.56 Å². The second kappa shape index (κ2) is 12.9. The molecule has 2 fully saturated rings. The largest absolute Gasteiger partial charge is 0.295 e. The Hall–Kier alpha value is -1.69. The number of carbonyl (C=O) groups excluding carboxylic acids is 1. The van der Waals surface area contributed by atoms with Crippen molar-refractivity contribution >= 4 is 5.78 Å². The van der Waals surface area contributed by atoms with Crippen LogP contribution in [0.25, 0.3) is 0 Å². The smallest absolute Gasteiger partial charge is 0.159 e. The Morgan fingerprint density at radius 2 is 1.53 bits per heavy atom. The molecule has 0 saturated heterocycles. The van der Waals surface area contributed by atoms with Gasteiger partial charge in [-0.25, -0.2) is 4.39 Å². The molecule has 1 unspecified atom stereocenters. The summed E-state index contributed by atoms with van der Waals surface area (Å²) in [7, 11) is 0. The Labute approximate surface area is 184 Å². The maximum absolute atomic E-state index is 13.7. The molecule has 0 aromatic heterocycles. The topological polar surface area (TPSA) is 40.9 Å². The second-order valence-corrected chi connectivity index (χ2v) is 9.97. The maximum atomic E-state index is 13.7. The van der Waals surface area contributed by atoms with Gasteiger partial charge in [0, 0.05) is 17.9 Å². The normalized spacial score (nSPS) is 21.8. The highest BCUT2D eigenvalue weighted by Crippen LogP contribution is 2.31. The lowest BCUT2D eigenvalue weighted by Gasteiger charge is -2.25. The standard InChI is InChI=1S/C13H17FO.C10H17N.C4H8/c1-9(13(3,4)14)11-5-7-12(8-6-11)10(2)15;1-9-4-6-10(7-5-9)3-2-8-11;1-4-2-3-4/h5-9H,1-4H3;9-10H,2-7H2,1H3;4H,2-3H2,1H3. The molecule has 2 aliphatic rings. The Bertz CT molecular complexity index is 656. The van der Waals surface area contributed by atoms with Crippen molar-refractivity contribution in [2.24, 2.45) is 17.8 Å². The molecule has 1 aromatic carbocycles. The first-order valence-corrected chi connectivity index (χ1v) is 11.7. The van der Waals surface area contributed by atoms with Gasteiger partial charge in [0.2, 0.25) is 0 Å². The molecule has 3 heteroatoms. The molecule has 2 nitrogen and oxygen atoms in total.